The second-order valence-electron chi connectivity index (χ2n) is 3.26. The lowest BCUT2D eigenvalue weighted by atomic mass is 10.2. The summed E-state index contributed by atoms with van der Waals surface area (Å²) in [6.45, 7) is 1.72. The molecule has 2 aromatic heterocycles. The van der Waals surface area contributed by atoms with Gasteiger partial charge in [0.05, 0.1) is 23.0 Å². The van der Waals surface area contributed by atoms with Crippen LogP contribution >= 0.6 is 11.6 Å². The Labute approximate surface area is 96.3 Å². The average molecular weight is 238 g/mol. The van der Waals surface area contributed by atoms with Crippen molar-refractivity contribution in [1.82, 2.24) is 14.8 Å². The van der Waals surface area contributed by atoms with Crippen molar-refractivity contribution in [3.8, 4) is 5.82 Å². The number of aromatic carboxylic acids is 1. The largest absolute Gasteiger partial charge is 0.478 e. The molecule has 82 valence electrons. The van der Waals surface area contributed by atoms with E-state index in [0.29, 0.717) is 16.5 Å². The van der Waals surface area contributed by atoms with Gasteiger partial charge < -0.3 is 5.11 Å². The number of carboxylic acids is 1. The first-order valence-corrected chi connectivity index (χ1v) is 4.86. The molecule has 0 atom stereocenters. The Morgan fingerprint density at radius 1 is 1.50 bits per heavy atom. The second-order valence-corrected chi connectivity index (χ2v) is 3.70. The smallest absolute Gasteiger partial charge is 0.335 e. The van der Waals surface area contributed by atoms with E-state index in [1.807, 2.05) is 0 Å². The van der Waals surface area contributed by atoms with Gasteiger partial charge in [-0.25, -0.2) is 14.5 Å². The minimum atomic E-state index is -0.995. The molecule has 0 aromatic carbocycles. The molecule has 0 aliphatic carbocycles. The minimum Gasteiger partial charge on any atom is -0.478 e. The zero-order chi connectivity index (χ0) is 11.7. The van der Waals surface area contributed by atoms with Crippen molar-refractivity contribution in [2.75, 3.05) is 0 Å². The number of rotatable bonds is 2. The van der Waals surface area contributed by atoms with Gasteiger partial charge in [-0.15, -0.1) is 0 Å². The number of carbonyl (C=O) groups is 1. The molecule has 6 heteroatoms. The van der Waals surface area contributed by atoms with Gasteiger partial charge in [0.25, 0.3) is 0 Å². The highest BCUT2D eigenvalue weighted by atomic mass is 35.5. The summed E-state index contributed by atoms with van der Waals surface area (Å²) in [7, 11) is 0. The molecule has 0 spiro atoms. The Hall–Kier alpha value is -1.88. The van der Waals surface area contributed by atoms with Crippen LogP contribution in [0, 0.1) is 6.92 Å². The van der Waals surface area contributed by atoms with Crippen LogP contribution in [0.1, 0.15) is 16.1 Å². The van der Waals surface area contributed by atoms with Crippen molar-refractivity contribution >= 4 is 17.6 Å². The first kappa shape index (κ1) is 10.6. The normalized spacial score (nSPS) is 10.4. The summed E-state index contributed by atoms with van der Waals surface area (Å²) < 4.78 is 1.43. The van der Waals surface area contributed by atoms with E-state index in [0.717, 1.165) is 0 Å². The summed E-state index contributed by atoms with van der Waals surface area (Å²) in [6.07, 6.45) is 3.03. The van der Waals surface area contributed by atoms with E-state index in [1.165, 1.54) is 23.0 Å². The van der Waals surface area contributed by atoms with Gasteiger partial charge >= 0.3 is 5.97 Å². The highest BCUT2D eigenvalue weighted by Gasteiger charge is 2.08. The summed E-state index contributed by atoms with van der Waals surface area (Å²) in [6, 6.07) is 2.94. The molecule has 0 unspecified atom stereocenters. The number of hydrogen-bond acceptors (Lipinski definition) is 3. The molecule has 0 radical (unpaired) electrons. The van der Waals surface area contributed by atoms with E-state index >= 15 is 0 Å². The monoisotopic (exact) mass is 237 g/mol. The van der Waals surface area contributed by atoms with Crippen LogP contribution in [-0.2, 0) is 0 Å². The molecule has 0 fully saturated rings. The van der Waals surface area contributed by atoms with E-state index in [2.05, 4.69) is 10.1 Å². The van der Waals surface area contributed by atoms with Gasteiger partial charge in [-0.1, -0.05) is 11.6 Å². The zero-order valence-corrected chi connectivity index (χ0v) is 9.14. The van der Waals surface area contributed by atoms with Crippen molar-refractivity contribution in [3.05, 3.63) is 40.8 Å². The molecule has 0 amide bonds. The molecule has 1 N–H and O–H groups in total. The Bertz CT molecular complexity index is 551. The third-order valence-corrected chi connectivity index (χ3v) is 2.17. The SMILES string of the molecule is Cc1cc(C(=O)O)cc(-n2cc(Cl)cn2)n1. The first-order valence-electron chi connectivity index (χ1n) is 4.49. The number of aromatic nitrogens is 3. The maximum Gasteiger partial charge on any atom is 0.335 e. The van der Waals surface area contributed by atoms with Gasteiger partial charge in [-0.3, -0.25) is 0 Å². The maximum absolute atomic E-state index is 10.9. The van der Waals surface area contributed by atoms with Crippen LogP contribution in [-0.4, -0.2) is 25.8 Å². The fourth-order valence-corrected chi connectivity index (χ4v) is 1.45. The molecule has 0 saturated carbocycles. The van der Waals surface area contributed by atoms with E-state index in [9.17, 15) is 4.79 Å². The number of carboxylic acid groups (broad SMARTS) is 1. The summed E-state index contributed by atoms with van der Waals surface area (Å²) >= 11 is 5.72. The van der Waals surface area contributed by atoms with Crippen molar-refractivity contribution < 1.29 is 9.90 Å². The van der Waals surface area contributed by atoms with Crippen molar-refractivity contribution in [2.24, 2.45) is 0 Å². The molecular formula is C10H8ClN3O2. The fraction of sp³-hybridized carbons (Fsp3) is 0.100. The predicted molar refractivity (Wildman–Crippen MR) is 58.1 cm³/mol. The Morgan fingerprint density at radius 2 is 2.25 bits per heavy atom. The lowest BCUT2D eigenvalue weighted by Gasteiger charge is -2.03. The van der Waals surface area contributed by atoms with Gasteiger partial charge in [-0.05, 0) is 19.1 Å². The molecule has 0 aliphatic rings. The summed E-state index contributed by atoms with van der Waals surface area (Å²) in [5.74, 6) is -0.561. The van der Waals surface area contributed by atoms with Gasteiger partial charge in [0, 0.05) is 5.69 Å². The van der Waals surface area contributed by atoms with Crippen LogP contribution in [0.25, 0.3) is 5.82 Å². The number of halogens is 1. The lowest BCUT2D eigenvalue weighted by molar-refractivity contribution is 0.0696. The number of hydrogen-bond donors (Lipinski definition) is 1. The summed E-state index contributed by atoms with van der Waals surface area (Å²) in [4.78, 5) is 15.0. The van der Waals surface area contributed by atoms with Crippen molar-refractivity contribution in [2.45, 2.75) is 6.92 Å². The molecule has 0 aliphatic heterocycles. The van der Waals surface area contributed by atoms with Crippen LogP contribution < -0.4 is 0 Å². The predicted octanol–water partition coefficient (Wildman–Crippen LogP) is 1.93. The molecule has 0 bridgehead atoms. The van der Waals surface area contributed by atoms with Crippen LogP contribution in [0.5, 0.6) is 0 Å². The third kappa shape index (κ3) is 2.04. The zero-order valence-electron chi connectivity index (χ0n) is 8.38. The maximum atomic E-state index is 10.9. The second kappa shape index (κ2) is 3.94. The van der Waals surface area contributed by atoms with Crippen LogP contribution in [0.3, 0.4) is 0 Å². The van der Waals surface area contributed by atoms with Gasteiger partial charge in [-0.2, -0.15) is 5.10 Å². The molecule has 5 nitrogen and oxygen atoms in total. The van der Waals surface area contributed by atoms with Crippen LogP contribution in [0.15, 0.2) is 24.5 Å². The van der Waals surface area contributed by atoms with Crippen molar-refractivity contribution in [3.63, 3.8) is 0 Å². The van der Waals surface area contributed by atoms with Crippen LogP contribution in [0.2, 0.25) is 5.02 Å². The standard InChI is InChI=1S/C10H8ClN3O2/c1-6-2-7(10(15)16)3-9(13-6)14-5-8(11)4-12-14/h2-5H,1H3,(H,15,16). The summed E-state index contributed by atoms with van der Waals surface area (Å²) in [5, 5.41) is 13.3. The van der Waals surface area contributed by atoms with Gasteiger partial charge in [0.2, 0.25) is 0 Å². The number of aryl methyl sites for hydroxylation is 1. The number of nitrogens with zero attached hydrogens (tertiary/aromatic N) is 3. The molecule has 2 aromatic rings. The van der Waals surface area contributed by atoms with E-state index < -0.39 is 5.97 Å². The van der Waals surface area contributed by atoms with Crippen molar-refractivity contribution in [1.29, 1.82) is 0 Å². The quantitative estimate of drug-likeness (QED) is 0.867. The average Bonchev–Trinajstić information content (AvgIpc) is 2.64. The number of pyridine rings is 1. The molecule has 2 heterocycles. The van der Waals surface area contributed by atoms with Gasteiger partial charge in [0.1, 0.15) is 0 Å². The topological polar surface area (TPSA) is 68.0 Å². The Morgan fingerprint density at radius 3 is 2.81 bits per heavy atom. The lowest BCUT2D eigenvalue weighted by Crippen LogP contribution is -2.04. The van der Waals surface area contributed by atoms with E-state index in [-0.39, 0.29) is 5.56 Å². The Kier molecular flexibility index (Phi) is 2.62. The van der Waals surface area contributed by atoms with Gasteiger partial charge in [0.15, 0.2) is 5.82 Å². The molecule has 0 saturated heterocycles. The molecule has 2 rings (SSSR count). The first-order chi connectivity index (χ1) is 7.56. The fourth-order valence-electron chi connectivity index (χ4n) is 1.32. The van der Waals surface area contributed by atoms with E-state index in [1.54, 1.807) is 13.1 Å². The minimum absolute atomic E-state index is 0.175. The highest BCUT2D eigenvalue weighted by Crippen LogP contribution is 2.12. The Balaban J connectivity index is 2.53. The third-order valence-electron chi connectivity index (χ3n) is 1.97. The highest BCUT2D eigenvalue weighted by molar-refractivity contribution is 6.30. The summed E-state index contributed by atoms with van der Waals surface area (Å²) in [5.41, 5.74) is 0.788. The molecule has 16 heavy (non-hydrogen) atoms. The van der Waals surface area contributed by atoms with E-state index in [4.69, 9.17) is 16.7 Å². The van der Waals surface area contributed by atoms with Crippen LogP contribution in [0.4, 0.5) is 0 Å². The molecular weight excluding hydrogens is 230 g/mol.